The summed E-state index contributed by atoms with van der Waals surface area (Å²) in [6.07, 6.45) is 5.36. The number of hydrogen-bond acceptors (Lipinski definition) is 4. The van der Waals surface area contributed by atoms with Crippen LogP contribution in [0.2, 0.25) is 5.02 Å². The molecule has 1 aliphatic carbocycles. The summed E-state index contributed by atoms with van der Waals surface area (Å²) < 4.78 is 0. The van der Waals surface area contributed by atoms with Gasteiger partial charge in [0.1, 0.15) is 5.82 Å². The van der Waals surface area contributed by atoms with Gasteiger partial charge in [0.2, 0.25) is 0 Å². The molecule has 2 N–H and O–H groups in total. The van der Waals surface area contributed by atoms with Gasteiger partial charge in [0.25, 0.3) is 5.91 Å². The number of anilines is 1. The maximum Gasteiger partial charge on any atom is 0.272 e. The van der Waals surface area contributed by atoms with E-state index in [-0.39, 0.29) is 11.9 Å². The van der Waals surface area contributed by atoms with Gasteiger partial charge in [0.15, 0.2) is 5.69 Å². The van der Waals surface area contributed by atoms with Crippen LogP contribution < -0.4 is 10.6 Å². The lowest BCUT2D eigenvalue weighted by Crippen LogP contribution is -2.33. The fourth-order valence-electron chi connectivity index (χ4n) is 2.86. The van der Waals surface area contributed by atoms with Crippen molar-refractivity contribution in [3.63, 3.8) is 0 Å². The van der Waals surface area contributed by atoms with Crippen LogP contribution in [0.1, 0.15) is 41.7 Å². The summed E-state index contributed by atoms with van der Waals surface area (Å²) in [4.78, 5) is 12.1. The van der Waals surface area contributed by atoms with Gasteiger partial charge in [-0.25, -0.2) is 0 Å². The summed E-state index contributed by atoms with van der Waals surface area (Å²) in [5.41, 5.74) is 1.57. The highest BCUT2D eigenvalue weighted by Gasteiger charge is 2.18. The minimum atomic E-state index is -0.137. The van der Waals surface area contributed by atoms with Crippen LogP contribution in [0.3, 0.4) is 0 Å². The molecule has 24 heavy (non-hydrogen) atoms. The van der Waals surface area contributed by atoms with Gasteiger partial charge < -0.3 is 10.6 Å². The smallest absolute Gasteiger partial charge is 0.272 e. The van der Waals surface area contributed by atoms with Gasteiger partial charge in [0.05, 0.1) is 0 Å². The van der Waals surface area contributed by atoms with E-state index in [9.17, 15) is 4.79 Å². The third-order valence-corrected chi connectivity index (χ3v) is 4.47. The first-order chi connectivity index (χ1) is 11.7. The molecule has 1 amide bonds. The van der Waals surface area contributed by atoms with E-state index in [0.29, 0.717) is 11.5 Å². The molecule has 0 radical (unpaired) electrons. The fourth-order valence-corrected chi connectivity index (χ4v) is 2.99. The molecule has 1 aromatic carbocycles. The van der Waals surface area contributed by atoms with Crippen molar-refractivity contribution in [2.75, 3.05) is 11.9 Å². The lowest BCUT2D eigenvalue weighted by atomic mass is 10.1. The molecule has 0 unspecified atom stereocenters. The first-order valence-corrected chi connectivity index (χ1v) is 8.71. The summed E-state index contributed by atoms with van der Waals surface area (Å²) in [6, 6.07) is 11.6. The molecule has 0 bridgehead atoms. The Labute approximate surface area is 146 Å². The molecule has 0 aliphatic heterocycles. The maximum atomic E-state index is 12.1. The molecule has 1 aromatic heterocycles. The molecule has 1 saturated carbocycles. The lowest BCUT2D eigenvalue weighted by molar-refractivity contribution is 0.0932. The van der Waals surface area contributed by atoms with Gasteiger partial charge in [-0.2, -0.15) is 0 Å². The standard InChI is InChI=1S/C18H21ClN4O/c19-14-7-5-13(6-8-14)11-12-20-17-10-9-16(22-23-17)18(24)21-15-3-1-2-4-15/h5-10,15H,1-4,11-12H2,(H,20,23)(H,21,24). The highest BCUT2D eigenvalue weighted by Crippen LogP contribution is 2.18. The number of benzene rings is 1. The zero-order valence-electron chi connectivity index (χ0n) is 13.5. The minimum absolute atomic E-state index is 0.137. The molecule has 0 saturated heterocycles. The highest BCUT2D eigenvalue weighted by atomic mass is 35.5. The summed E-state index contributed by atoms with van der Waals surface area (Å²) in [6.45, 7) is 0.740. The number of hydrogen-bond donors (Lipinski definition) is 2. The maximum absolute atomic E-state index is 12.1. The Bertz CT molecular complexity index is 666. The van der Waals surface area contributed by atoms with Crippen LogP contribution >= 0.6 is 11.6 Å². The van der Waals surface area contributed by atoms with Gasteiger partial charge in [-0.15, -0.1) is 10.2 Å². The largest absolute Gasteiger partial charge is 0.368 e. The fraction of sp³-hybridized carbons (Fsp3) is 0.389. The topological polar surface area (TPSA) is 66.9 Å². The van der Waals surface area contributed by atoms with Crippen LogP contribution in [0.5, 0.6) is 0 Å². The predicted molar refractivity (Wildman–Crippen MR) is 95.4 cm³/mol. The zero-order valence-corrected chi connectivity index (χ0v) is 14.2. The lowest BCUT2D eigenvalue weighted by Gasteiger charge is -2.11. The molecular formula is C18H21ClN4O. The van der Waals surface area contributed by atoms with Crippen molar-refractivity contribution in [1.82, 2.24) is 15.5 Å². The van der Waals surface area contributed by atoms with Crippen molar-refractivity contribution in [1.29, 1.82) is 0 Å². The molecule has 1 aliphatic rings. The van der Waals surface area contributed by atoms with E-state index in [0.717, 1.165) is 30.8 Å². The third-order valence-electron chi connectivity index (χ3n) is 4.22. The Morgan fingerprint density at radius 3 is 2.50 bits per heavy atom. The third kappa shape index (κ3) is 4.68. The van der Waals surface area contributed by atoms with Crippen LogP contribution in [-0.4, -0.2) is 28.7 Å². The second-order valence-corrected chi connectivity index (χ2v) is 6.50. The molecule has 3 rings (SSSR count). The number of nitrogens with zero attached hydrogens (tertiary/aromatic N) is 2. The van der Waals surface area contributed by atoms with Crippen LogP contribution in [0.4, 0.5) is 5.82 Å². The molecule has 5 nitrogen and oxygen atoms in total. The van der Waals surface area contributed by atoms with Gasteiger partial charge in [-0.1, -0.05) is 36.6 Å². The quantitative estimate of drug-likeness (QED) is 0.842. The van der Waals surface area contributed by atoms with E-state index in [2.05, 4.69) is 20.8 Å². The molecule has 126 valence electrons. The van der Waals surface area contributed by atoms with Crippen molar-refractivity contribution < 1.29 is 4.79 Å². The Balaban J connectivity index is 1.47. The molecule has 2 aromatic rings. The van der Waals surface area contributed by atoms with Crippen LogP contribution in [0.25, 0.3) is 0 Å². The van der Waals surface area contributed by atoms with Crippen molar-refractivity contribution in [2.45, 2.75) is 38.1 Å². The monoisotopic (exact) mass is 344 g/mol. The van der Waals surface area contributed by atoms with Crippen LogP contribution in [0, 0.1) is 0 Å². The van der Waals surface area contributed by atoms with Crippen molar-refractivity contribution in [3.8, 4) is 0 Å². The second kappa shape index (κ2) is 8.11. The number of nitrogens with one attached hydrogen (secondary N) is 2. The molecule has 1 heterocycles. The van der Waals surface area contributed by atoms with E-state index in [1.165, 1.54) is 18.4 Å². The number of rotatable bonds is 6. The van der Waals surface area contributed by atoms with Gasteiger partial charge in [-0.05, 0) is 49.1 Å². The van der Waals surface area contributed by atoms with Crippen molar-refractivity contribution in [3.05, 3.63) is 52.7 Å². The highest BCUT2D eigenvalue weighted by molar-refractivity contribution is 6.30. The van der Waals surface area contributed by atoms with E-state index < -0.39 is 0 Å². The minimum Gasteiger partial charge on any atom is -0.368 e. The predicted octanol–water partition coefficient (Wildman–Crippen LogP) is 3.46. The Morgan fingerprint density at radius 2 is 1.83 bits per heavy atom. The summed E-state index contributed by atoms with van der Waals surface area (Å²) >= 11 is 5.87. The molecule has 0 atom stereocenters. The van der Waals surface area contributed by atoms with E-state index in [1.807, 2.05) is 24.3 Å². The normalized spacial score (nSPS) is 14.5. The average Bonchev–Trinajstić information content (AvgIpc) is 3.10. The zero-order chi connectivity index (χ0) is 16.8. The first kappa shape index (κ1) is 16.7. The van der Waals surface area contributed by atoms with Crippen molar-refractivity contribution in [2.24, 2.45) is 0 Å². The number of carbonyl (C=O) groups is 1. The molecule has 6 heteroatoms. The summed E-state index contributed by atoms with van der Waals surface area (Å²) in [5, 5.41) is 15.1. The van der Waals surface area contributed by atoms with Gasteiger partial charge in [0, 0.05) is 17.6 Å². The Morgan fingerprint density at radius 1 is 1.08 bits per heavy atom. The number of carbonyl (C=O) groups excluding carboxylic acids is 1. The van der Waals surface area contributed by atoms with Gasteiger partial charge in [-0.3, -0.25) is 4.79 Å². The van der Waals surface area contributed by atoms with E-state index >= 15 is 0 Å². The first-order valence-electron chi connectivity index (χ1n) is 8.33. The number of amides is 1. The summed E-state index contributed by atoms with van der Waals surface area (Å²) in [5.74, 6) is 0.531. The van der Waals surface area contributed by atoms with Crippen LogP contribution in [0.15, 0.2) is 36.4 Å². The van der Waals surface area contributed by atoms with Crippen LogP contribution in [-0.2, 0) is 6.42 Å². The number of halogens is 1. The van der Waals surface area contributed by atoms with E-state index in [1.54, 1.807) is 12.1 Å². The molecule has 0 spiro atoms. The SMILES string of the molecule is O=C(NC1CCCC1)c1ccc(NCCc2ccc(Cl)cc2)nn1. The molecule has 1 fully saturated rings. The summed E-state index contributed by atoms with van der Waals surface area (Å²) in [7, 11) is 0. The Kier molecular flexibility index (Phi) is 5.64. The average molecular weight is 345 g/mol. The second-order valence-electron chi connectivity index (χ2n) is 6.06. The van der Waals surface area contributed by atoms with E-state index in [4.69, 9.17) is 11.6 Å². The number of aromatic nitrogens is 2. The Hall–Kier alpha value is -2.14. The molecular weight excluding hydrogens is 324 g/mol. The van der Waals surface area contributed by atoms with Crippen molar-refractivity contribution >= 4 is 23.3 Å². The van der Waals surface area contributed by atoms with Gasteiger partial charge >= 0.3 is 0 Å².